The highest BCUT2D eigenvalue weighted by atomic mass is 35.5. The van der Waals surface area contributed by atoms with Crippen molar-refractivity contribution in [2.75, 3.05) is 6.54 Å². The normalized spacial score (nSPS) is 11.7. The van der Waals surface area contributed by atoms with E-state index in [2.05, 4.69) is 21.7 Å². The molecule has 1 unspecified atom stereocenters. The zero-order valence-corrected chi connectivity index (χ0v) is 22.7. The number of carbonyl (C=O) groups is 1. The number of nitriles is 1. The van der Waals surface area contributed by atoms with Gasteiger partial charge in [0.05, 0.1) is 34.3 Å². The van der Waals surface area contributed by atoms with Crippen molar-refractivity contribution in [3.63, 3.8) is 0 Å². The number of aryl methyl sites for hydroxylation is 2. The maximum atomic E-state index is 15.5. The monoisotopic (exact) mass is 526 g/mol. The third-order valence-electron chi connectivity index (χ3n) is 5.68. The van der Waals surface area contributed by atoms with Gasteiger partial charge in [-0.15, -0.1) is 0 Å². The average Bonchev–Trinajstić information content (AvgIpc) is 3.28. The van der Waals surface area contributed by atoms with E-state index in [1.807, 2.05) is 52.8 Å². The Morgan fingerprint density at radius 1 is 1.41 bits per heavy atom. The number of hydrogen-bond donors (Lipinski definition) is 2. The fourth-order valence-electron chi connectivity index (χ4n) is 3.70. The Morgan fingerprint density at radius 2 is 2.11 bits per heavy atom. The molecule has 0 saturated heterocycles. The predicted molar refractivity (Wildman–Crippen MR) is 145 cm³/mol. The first-order valence-electron chi connectivity index (χ1n) is 12.0. The number of nitrogens with two attached hydrogens (primary N) is 1. The second kappa shape index (κ2) is 13.5. The third-order valence-corrected chi connectivity index (χ3v) is 5.95. The maximum absolute atomic E-state index is 15.5. The number of hydrazone groups is 1. The van der Waals surface area contributed by atoms with E-state index in [4.69, 9.17) is 22.1 Å². The van der Waals surface area contributed by atoms with E-state index in [0.29, 0.717) is 40.9 Å². The number of nitrogens with zero attached hydrogens (tertiary/aromatic N) is 4. The molecular weight excluding hydrogens is 495 g/mol. The minimum Gasteiger partial charge on any atom is -0.489 e. The molecule has 3 N–H and O–H groups in total. The van der Waals surface area contributed by atoms with Crippen LogP contribution in [0.25, 0.3) is 22.4 Å². The van der Waals surface area contributed by atoms with Crippen LogP contribution in [0.1, 0.15) is 50.8 Å². The van der Waals surface area contributed by atoms with E-state index in [-0.39, 0.29) is 34.5 Å². The number of aromatic nitrogens is 2. The summed E-state index contributed by atoms with van der Waals surface area (Å²) in [7, 11) is 1.66. The lowest BCUT2D eigenvalue weighted by atomic mass is 9.93. The lowest BCUT2D eigenvalue weighted by Gasteiger charge is -2.18. The van der Waals surface area contributed by atoms with Gasteiger partial charge in [0, 0.05) is 30.8 Å². The Labute approximate surface area is 221 Å². The molecule has 37 heavy (non-hydrogen) atoms. The second-order valence-corrected chi connectivity index (χ2v) is 8.35. The lowest BCUT2D eigenvalue weighted by molar-refractivity contribution is -0.109. The van der Waals surface area contributed by atoms with E-state index in [1.165, 1.54) is 10.7 Å². The first-order chi connectivity index (χ1) is 17.8. The number of benzene rings is 2. The predicted octanol–water partition coefficient (Wildman–Crippen LogP) is 5.34. The summed E-state index contributed by atoms with van der Waals surface area (Å²) in [5.41, 5.74) is 11.9. The molecule has 0 aliphatic rings. The molecule has 1 aromatic heterocycles. The molecular formula is C27H32ClFN6O2. The summed E-state index contributed by atoms with van der Waals surface area (Å²) in [5, 5.41) is 18.2. The van der Waals surface area contributed by atoms with Crippen LogP contribution < -0.4 is 15.9 Å². The standard InChI is InChI=1S/C25H26ClFN6O2.C2H6/c1-5-15(3)35-22-9-20(26)24(27)23(18(22)10-28)25-19(12-31-33(25)4)16-7-6-14(2)17(8-16)21(11-29)32-30-13-34;1-2/h6-9,12-13,15H,5,11,29H2,1-4H3,(H,30,34);1-2H3/b32-21-;. The number of hydrogen-bond acceptors (Lipinski definition) is 6. The largest absolute Gasteiger partial charge is 0.489 e. The van der Waals surface area contributed by atoms with Crippen molar-refractivity contribution in [3.05, 3.63) is 58.0 Å². The van der Waals surface area contributed by atoms with Crippen LogP contribution in [-0.2, 0) is 11.8 Å². The molecule has 1 heterocycles. The first-order valence-corrected chi connectivity index (χ1v) is 12.3. The number of rotatable bonds is 9. The molecule has 3 rings (SSSR count). The summed E-state index contributed by atoms with van der Waals surface area (Å²) in [5.74, 6) is -0.534. The van der Waals surface area contributed by atoms with Crippen molar-refractivity contribution in [1.82, 2.24) is 15.2 Å². The van der Waals surface area contributed by atoms with Crippen molar-refractivity contribution < 1.29 is 13.9 Å². The Bertz CT molecular complexity index is 1330. The summed E-state index contributed by atoms with van der Waals surface area (Å²) < 4.78 is 22.9. The summed E-state index contributed by atoms with van der Waals surface area (Å²) in [6.45, 7) is 9.78. The van der Waals surface area contributed by atoms with Gasteiger partial charge in [-0.05, 0) is 37.5 Å². The van der Waals surface area contributed by atoms with Gasteiger partial charge >= 0.3 is 0 Å². The number of nitrogens with one attached hydrogen (secondary N) is 1. The molecule has 0 aliphatic heterocycles. The maximum Gasteiger partial charge on any atom is 0.227 e. The smallest absolute Gasteiger partial charge is 0.227 e. The van der Waals surface area contributed by atoms with E-state index < -0.39 is 5.82 Å². The Morgan fingerprint density at radius 3 is 2.70 bits per heavy atom. The van der Waals surface area contributed by atoms with Crippen LogP contribution in [0.4, 0.5) is 4.39 Å². The van der Waals surface area contributed by atoms with Gasteiger partial charge in [0.1, 0.15) is 17.4 Å². The highest BCUT2D eigenvalue weighted by Crippen LogP contribution is 2.41. The number of amides is 1. The van der Waals surface area contributed by atoms with Crippen molar-refractivity contribution >= 4 is 23.7 Å². The van der Waals surface area contributed by atoms with Crippen molar-refractivity contribution in [3.8, 4) is 34.2 Å². The van der Waals surface area contributed by atoms with Gasteiger partial charge in [0.2, 0.25) is 6.41 Å². The number of carbonyl (C=O) groups excluding carboxylic acids is 1. The van der Waals surface area contributed by atoms with Gasteiger partial charge in [-0.25, -0.2) is 9.82 Å². The molecule has 10 heteroatoms. The average molecular weight is 527 g/mol. The van der Waals surface area contributed by atoms with Crippen LogP contribution in [0.15, 0.2) is 35.6 Å². The van der Waals surface area contributed by atoms with Gasteiger partial charge in [0.15, 0.2) is 5.82 Å². The fourth-order valence-corrected chi connectivity index (χ4v) is 3.89. The molecule has 0 bridgehead atoms. The lowest BCUT2D eigenvalue weighted by Crippen LogP contribution is -2.20. The molecule has 3 aromatic rings. The minimum atomic E-state index is -0.740. The van der Waals surface area contributed by atoms with Crippen molar-refractivity contribution in [2.45, 2.75) is 47.1 Å². The van der Waals surface area contributed by atoms with Gasteiger partial charge in [-0.3, -0.25) is 9.48 Å². The highest BCUT2D eigenvalue weighted by Gasteiger charge is 2.26. The van der Waals surface area contributed by atoms with E-state index in [1.54, 1.807) is 13.2 Å². The molecule has 0 radical (unpaired) electrons. The van der Waals surface area contributed by atoms with Gasteiger partial charge < -0.3 is 10.5 Å². The van der Waals surface area contributed by atoms with E-state index >= 15 is 4.39 Å². The number of ether oxygens (including phenoxy) is 1. The number of halogens is 2. The van der Waals surface area contributed by atoms with Gasteiger partial charge in [0.25, 0.3) is 0 Å². The Balaban J connectivity index is 0.00000235. The van der Waals surface area contributed by atoms with Crippen molar-refractivity contribution in [2.24, 2.45) is 17.9 Å². The zero-order chi connectivity index (χ0) is 27.7. The summed E-state index contributed by atoms with van der Waals surface area (Å²) >= 11 is 6.24. The quantitative estimate of drug-likeness (QED) is 0.222. The molecule has 0 saturated carbocycles. The van der Waals surface area contributed by atoms with Crippen LogP contribution in [-0.4, -0.2) is 34.6 Å². The van der Waals surface area contributed by atoms with E-state index in [0.717, 1.165) is 5.56 Å². The van der Waals surface area contributed by atoms with Gasteiger partial charge in [-0.2, -0.15) is 15.5 Å². The van der Waals surface area contributed by atoms with E-state index in [9.17, 15) is 10.1 Å². The SMILES string of the molecule is CC.CCC(C)Oc1cc(Cl)c(F)c(-c2c(-c3ccc(C)c(/C(CN)=N\NC=O)c3)cnn2C)c1C#N. The Kier molecular flexibility index (Phi) is 10.8. The van der Waals surface area contributed by atoms with Crippen LogP contribution in [0.2, 0.25) is 5.02 Å². The second-order valence-electron chi connectivity index (χ2n) is 7.94. The molecule has 8 nitrogen and oxygen atoms in total. The molecule has 0 spiro atoms. The van der Waals surface area contributed by atoms with Crippen molar-refractivity contribution in [1.29, 1.82) is 5.26 Å². The third kappa shape index (κ3) is 6.34. The fraction of sp³-hybridized carbons (Fsp3) is 0.333. The zero-order valence-electron chi connectivity index (χ0n) is 21.9. The molecule has 1 atom stereocenters. The summed E-state index contributed by atoms with van der Waals surface area (Å²) in [4.78, 5) is 10.7. The molecule has 196 valence electrons. The van der Waals surface area contributed by atoms with Crippen LogP contribution in [0, 0.1) is 24.1 Å². The minimum absolute atomic E-state index is 0.00534. The molecule has 1 amide bonds. The highest BCUT2D eigenvalue weighted by molar-refractivity contribution is 6.31. The van der Waals surface area contributed by atoms with Crippen LogP contribution in [0.3, 0.4) is 0 Å². The van der Waals surface area contributed by atoms with Crippen LogP contribution >= 0.6 is 11.6 Å². The molecule has 0 fully saturated rings. The molecule has 2 aromatic carbocycles. The van der Waals surface area contributed by atoms with Gasteiger partial charge in [-0.1, -0.05) is 44.5 Å². The Hall–Kier alpha value is -3.74. The summed E-state index contributed by atoms with van der Waals surface area (Å²) in [6, 6.07) is 8.96. The first kappa shape index (κ1) is 29.5. The molecule has 0 aliphatic carbocycles. The summed E-state index contributed by atoms with van der Waals surface area (Å²) in [6.07, 6.45) is 2.54. The topological polar surface area (TPSA) is 118 Å². The van der Waals surface area contributed by atoms with Crippen LogP contribution in [0.5, 0.6) is 5.75 Å².